The summed E-state index contributed by atoms with van der Waals surface area (Å²) >= 11 is 0. The van der Waals surface area contributed by atoms with Crippen LogP contribution in [-0.2, 0) is 5.41 Å². The number of H-pyrrole nitrogens is 1. The molecule has 2 aromatic carbocycles. The van der Waals surface area contributed by atoms with Crippen molar-refractivity contribution in [1.29, 1.82) is 0 Å². The van der Waals surface area contributed by atoms with Crippen LogP contribution in [0.2, 0.25) is 0 Å². The highest BCUT2D eigenvalue weighted by Gasteiger charge is 2.41. The van der Waals surface area contributed by atoms with Crippen molar-refractivity contribution in [3.8, 4) is 22.6 Å². The van der Waals surface area contributed by atoms with Crippen molar-refractivity contribution < 1.29 is 8.78 Å². The van der Waals surface area contributed by atoms with E-state index in [9.17, 15) is 8.78 Å². The first-order chi connectivity index (χ1) is 17.7. The molecule has 0 aliphatic heterocycles. The Hall–Kier alpha value is -3.28. The highest BCUT2D eigenvalue weighted by atomic mass is 19.1. The van der Waals surface area contributed by atoms with Gasteiger partial charge in [0.25, 0.3) is 0 Å². The molecule has 2 aromatic heterocycles. The Balaban J connectivity index is 1.45. The zero-order valence-electron chi connectivity index (χ0n) is 21.9. The summed E-state index contributed by atoms with van der Waals surface area (Å²) in [5.41, 5.74) is 3.91. The molecule has 2 unspecified atom stereocenters. The van der Waals surface area contributed by atoms with Crippen molar-refractivity contribution in [2.75, 3.05) is 5.32 Å². The lowest BCUT2D eigenvalue weighted by molar-refractivity contribution is 0.0928. The van der Waals surface area contributed by atoms with Crippen LogP contribution in [0.4, 0.5) is 14.6 Å². The summed E-state index contributed by atoms with van der Waals surface area (Å²) in [5.74, 6) is 1.94. The van der Waals surface area contributed by atoms with Crippen LogP contribution in [0, 0.1) is 29.4 Å². The van der Waals surface area contributed by atoms with E-state index in [0.29, 0.717) is 34.7 Å². The molecule has 192 valence electrons. The number of benzene rings is 2. The molecule has 3 aliphatic rings. The monoisotopic (exact) mass is 500 g/mol. The second-order valence-corrected chi connectivity index (χ2v) is 12.0. The number of nitrogens with one attached hydrogen (secondary N) is 2. The first-order valence-electron chi connectivity index (χ1n) is 13.4. The fraction of sp³-hybridized carbons (Fsp3) is 0.419. The van der Waals surface area contributed by atoms with E-state index in [1.807, 2.05) is 6.07 Å². The van der Waals surface area contributed by atoms with Crippen LogP contribution >= 0.6 is 0 Å². The summed E-state index contributed by atoms with van der Waals surface area (Å²) < 4.78 is 28.6. The number of hydrogen-bond donors (Lipinski definition) is 2. The van der Waals surface area contributed by atoms with E-state index in [4.69, 9.17) is 9.97 Å². The predicted octanol–water partition coefficient (Wildman–Crippen LogP) is 8.10. The smallest absolute Gasteiger partial charge is 0.164 e. The standard InChI is InChI=1S/C31H34F2N4/c1-17-18-5-7-20(8-6-18)28(17)36-27-15-26(19-9-11-21(12-10-19)31(2,3)4)35-30(37-27)24-16-34-29-23(24)13-22(32)14-25(29)33/h9-18,20,28,34H,5-8H2,1-4H3,(H,35,36,37). The molecule has 2 bridgehead atoms. The zero-order valence-corrected chi connectivity index (χ0v) is 21.9. The molecular formula is C31H34F2N4. The maximum absolute atomic E-state index is 14.4. The largest absolute Gasteiger partial charge is 0.367 e. The minimum Gasteiger partial charge on any atom is -0.367 e. The van der Waals surface area contributed by atoms with Crippen molar-refractivity contribution in [3.63, 3.8) is 0 Å². The second-order valence-electron chi connectivity index (χ2n) is 12.0. The summed E-state index contributed by atoms with van der Waals surface area (Å²) in [6.07, 6.45) is 6.82. The van der Waals surface area contributed by atoms with E-state index in [0.717, 1.165) is 29.1 Å². The maximum atomic E-state index is 14.4. The van der Waals surface area contributed by atoms with Gasteiger partial charge in [-0.2, -0.15) is 0 Å². The fourth-order valence-corrected chi connectivity index (χ4v) is 6.44. The van der Waals surface area contributed by atoms with E-state index in [-0.39, 0.29) is 10.9 Å². The van der Waals surface area contributed by atoms with Gasteiger partial charge in [0.1, 0.15) is 17.5 Å². The van der Waals surface area contributed by atoms with Crippen LogP contribution in [0.25, 0.3) is 33.5 Å². The average Bonchev–Trinajstić information content (AvgIpc) is 3.30. The summed E-state index contributed by atoms with van der Waals surface area (Å²) in [4.78, 5) is 12.7. The van der Waals surface area contributed by atoms with Gasteiger partial charge in [-0.1, -0.05) is 52.0 Å². The Morgan fingerprint density at radius 2 is 1.62 bits per heavy atom. The molecule has 0 saturated heterocycles. The molecule has 0 spiro atoms. The van der Waals surface area contributed by atoms with Crippen LogP contribution in [0.3, 0.4) is 0 Å². The lowest BCUT2D eigenvalue weighted by Crippen LogP contribution is -2.47. The molecule has 0 amide bonds. The Kier molecular flexibility index (Phi) is 5.81. The molecule has 4 aromatic rings. The number of aromatic amines is 1. The van der Waals surface area contributed by atoms with Crippen molar-refractivity contribution in [3.05, 3.63) is 65.9 Å². The summed E-state index contributed by atoms with van der Waals surface area (Å²) in [6.45, 7) is 8.94. The van der Waals surface area contributed by atoms with Gasteiger partial charge >= 0.3 is 0 Å². The molecule has 37 heavy (non-hydrogen) atoms. The van der Waals surface area contributed by atoms with E-state index < -0.39 is 11.6 Å². The molecule has 7 rings (SSSR count). The molecule has 2 heterocycles. The van der Waals surface area contributed by atoms with E-state index in [1.54, 1.807) is 6.20 Å². The maximum Gasteiger partial charge on any atom is 0.164 e. The van der Waals surface area contributed by atoms with Crippen LogP contribution in [0.15, 0.2) is 48.7 Å². The quantitative estimate of drug-likeness (QED) is 0.298. The first kappa shape index (κ1) is 24.1. The first-order valence-corrected chi connectivity index (χ1v) is 13.4. The van der Waals surface area contributed by atoms with Crippen LogP contribution in [0.1, 0.15) is 58.9 Å². The van der Waals surface area contributed by atoms with Crippen molar-refractivity contribution in [1.82, 2.24) is 15.0 Å². The zero-order chi connectivity index (χ0) is 25.9. The molecule has 4 nitrogen and oxygen atoms in total. The molecular weight excluding hydrogens is 466 g/mol. The number of rotatable bonds is 4. The Morgan fingerprint density at radius 3 is 2.30 bits per heavy atom. The van der Waals surface area contributed by atoms with Gasteiger partial charge in [0, 0.05) is 40.9 Å². The number of halogens is 2. The minimum absolute atomic E-state index is 0.0523. The van der Waals surface area contributed by atoms with E-state index >= 15 is 0 Å². The number of fused-ring (bicyclic) bond motifs is 4. The van der Waals surface area contributed by atoms with Gasteiger partial charge in [-0.05, 0) is 60.5 Å². The van der Waals surface area contributed by atoms with Gasteiger partial charge in [-0.3, -0.25) is 0 Å². The molecule has 3 saturated carbocycles. The summed E-state index contributed by atoms with van der Waals surface area (Å²) in [5, 5.41) is 4.21. The Labute approximate surface area is 216 Å². The summed E-state index contributed by atoms with van der Waals surface area (Å²) in [7, 11) is 0. The highest BCUT2D eigenvalue weighted by molar-refractivity contribution is 5.94. The SMILES string of the molecule is CC1C2CCC(CC2)C1Nc1cc(-c2ccc(C(C)(C)C)cc2)nc(-c2c[nH]c3c(F)cc(F)cc23)n1. The number of anilines is 1. The van der Waals surface area contributed by atoms with Crippen LogP contribution < -0.4 is 5.32 Å². The second kappa shape index (κ2) is 8.93. The van der Waals surface area contributed by atoms with Gasteiger partial charge in [-0.25, -0.2) is 18.7 Å². The predicted molar refractivity (Wildman–Crippen MR) is 145 cm³/mol. The molecule has 3 fully saturated rings. The van der Waals surface area contributed by atoms with Crippen molar-refractivity contribution >= 4 is 16.7 Å². The highest BCUT2D eigenvalue weighted by Crippen LogP contribution is 2.46. The Bertz CT molecular complexity index is 1440. The lowest BCUT2D eigenvalue weighted by atomic mass is 9.62. The van der Waals surface area contributed by atoms with Crippen LogP contribution in [-0.4, -0.2) is 21.0 Å². The van der Waals surface area contributed by atoms with Gasteiger partial charge < -0.3 is 10.3 Å². The third-order valence-electron chi connectivity index (χ3n) is 8.67. The van der Waals surface area contributed by atoms with Crippen molar-refractivity contribution in [2.24, 2.45) is 17.8 Å². The minimum atomic E-state index is -0.624. The van der Waals surface area contributed by atoms with Gasteiger partial charge in [-0.15, -0.1) is 0 Å². The average molecular weight is 501 g/mol. The normalized spacial score (nSPS) is 23.5. The van der Waals surface area contributed by atoms with Gasteiger partial charge in [0.05, 0.1) is 11.2 Å². The topological polar surface area (TPSA) is 53.6 Å². The van der Waals surface area contributed by atoms with E-state index in [1.165, 1.54) is 37.3 Å². The molecule has 2 N–H and O–H groups in total. The van der Waals surface area contributed by atoms with E-state index in [2.05, 4.69) is 62.3 Å². The Morgan fingerprint density at radius 1 is 0.919 bits per heavy atom. The molecule has 0 radical (unpaired) electrons. The molecule has 2 atom stereocenters. The molecule has 6 heteroatoms. The third kappa shape index (κ3) is 4.41. The van der Waals surface area contributed by atoms with Gasteiger partial charge in [0.15, 0.2) is 5.82 Å². The van der Waals surface area contributed by atoms with Crippen LogP contribution in [0.5, 0.6) is 0 Å². The number of hydrogen-bond acceptors (Lipinski definition) is 3. The number of nitrogens with zero attached hydrogens (tertiary/aromatic N) is 2. The van der Waals surface area contributed by atoms with Gasteiger partial charge in [0.2, 0.25) is 0 Å². The summed E-state index contributed by atoms with van der Waals surface area (Å²) in [6, 6.07) is 13.1. The molecule has 3 aliphatic carbocycles. The number of aromatic nitrogens is 3. The third-order valence-corrected chi connectivity index (χ3v) is 8.67. The van der Waals surface area contributed by atoms with Crippen molar-refractivity contribution in [2.45, 2.75) is 64.8 Å². The fourth-order valence-electron chi connectivity index (χ4n) is 6.44. The lowest BCUT2D eigenvalue weighted by Gasteiger charge is -2.47.